The van der Waals surface area contributed by atoms with Gasteiger partial charge in [-0.25, -0.2) is 0 Å². The van der Waals surface area contributed by atoms with Gasteiger partial charge >= 0.3 is 0 Å². The Labute approximate surface area is 122 Å². The van der Waals surface area contributed by atoms with E-state index in [1.54, 1.807) is 0 Å². The van der Waals surface area contributed by atoms with E-state index in [0.717, 1.165) is 31.7 Å². The molecule has 1 aromatic carbocycles. The van der Waals surface area contributed by atoms with Crippen molar-refractivity contribution < 1.29 is 4.79 Å². The van der Waals surface area contributed by atoms with Crippen LogP contribution in [0, 0.1) is 6.92 Å². The zero-order chi connectivity index (χ0) is 15.0. The number of carbonyl (C=O) groups is 1. The fourth-order valence-corrected chi connectivity index (χ4v) is 2.25. The lowest BCUT2D eigenvalue weighted by molar-refractivity contribution is -0.129. The van der Waals surface area contributed by atoms with Gasteiger partial charge in [0.05, 0.1) is 6.54 Å². The monoisotopic (exact) mass is 277 g/mol. The summed E-state index contributed by atoms with van der Waals surface area (Å²) < 4.78 is 0. The van der Waals surface area contributed by atoms with Crippen molar-refractivity contribution in [2.45, 2.75) is 27.2 Å². The standard InChI is InChI=1S/C16H27N3O/c1-4-18(5-2)16(20)13-19(11-7-10-17)15-9-6-8-14(3)12-15/h6,8-9,12H,4-5,7,10-11,13,17H2,1-3H3. The summed E-state index contributed by atoms with van der Waals surface area (Å²) in [7, 11) is 0. The van der Waals surface area contributed by atoms with Gasteiger partial charge in [-0.15, -0.1) is 0 Å². The molecule has 0 aromatic heterocycles. The number of anilines is 1. The Morgan fingerprint density at radius 2 is 1.95 bits per heavy atom. The predicted octanol–water partition coefficient (Wildman–Crippen LogP) is 2.02. The molecule has 0 saturated carbocycles. The molecule has 2 N–H and O–H groups in total. The van der Waals surface area contributed by atoms with Crippen molar-refractivity contribution in [1.82, 2.24) is 4.90 Å². The molecule has 0 unspecified atom stereocenters. The fraction of sp³-hybridized carbons (Fsp3) is 0.562. The quantitative estimate of drug-likeness (QED) is 0.791. The van der Waals surface area contributed by atoms with E-state index in [4.69, 9.17) is 5.73 Å². The molecule has 1 rings (SSSR count). The molecule has 0 aliphatic rings. The van der Waals surface area contributed by atoms with Gasteiger partial charge in [-0.2, -0.15) is 0 Å². The molecule has 0 saturated heterocycles. The molecule has 0 spiro atoms. The molecule has 1 aromatic rings. The highest BCUT2D eigenvalue weighted by molar-refractivity contribution is 5.81. The van der Waals surface area contributed by atoms with Crippen LogP contribution in [0.5, 0.6) is 0 Å². The molecule has 0 bridgehead atoms. The molecule has 0 aliphatic heterocycles. The summed E-state index contributed by atoms with van der Waals surface area (Å²) in [5.41, 5.74) is 7.91. The highest BCUT2D eigenvalue weighted by Crippen LogP contribution is 2.16. The second-order valence-corrected chi connectivity index (χ2v) is 4.97. The molecule has 1 amide bonds. The summed E-state index contributed by atoms with van der Waals surface area (Å²) in [5.74, 6) is 0.175. The van der Waals surface area contributed by atoms with Crippen LogP contribution < -0.4 is 10.6 Å². The van der Waals surface area contributed by atoms with E-state index >= 15 is 0 Å². The Balaban J connectivity index is 2.81. The van der Waals surface area contributed by atoms with E-state index in [-0.39, 0.29) is 5.91 Å². The Bertz CT molecular complexity index is 416. The molecule has 0 aliphatic carbocycles. The molecule has 4 nitrogen and oxygen atoms in total. The highest BCUT2D eigenvalue weighted by Gasteiger charge is 2.15. The van der Waals surface area contributed by atoms with Gasteiger partial charge in [0.25, 0.3) is 0 Å². The first-order valence-electron chi connectivity index (χ1n) is 7.41. The van der Waals surface area contributed by atoms with Crippen LogP contribution in [-0.4, -0.2) is 43.5 Å². The summed E-state index contributed by atoms with van der Waals surface area (Å²) >= 11 is 0. The normalized spacial score (nSPS) is 10.4. The molecular weight excluding hydrogens is 250 g/mol. The number of hydrogen-bond acceptors (Lipinski definition) is 3. The SMILES string of the molecule is CCN(CC)C(=O)CN(CCCN)c1cccc(C)c1. The van der Waals surface area contributed by atoms with Crippen LogP contribution in [-0.2, 0) is 4.79 Å². The number of amides is 1. The topological polar surface area (TPSA) is 49.6 Å². The summed E-state index contributed by atoms with van der Waals surface area (Å²) in [5, 5.41) is 0. The first-order valence-corrected chi connectivity index (χ1v) is 7.41. The molecule has 0 fully saturated rings. The van der Waals surface area contributed by atoms with Gasteiger partial charge in [-0.05, 0) is 51.4 Å². The van der Waals surface area contributed by atoms with Gasteiger partial charge in [0.1, 0.15) is 0 Å². The van der Waals surface area contributed by atoms with Crippen molar-refractivity contribution in [2.75, 3.05) is 37.6 Å². The van der Waals surface area contributed by atoms with Crippen LogP contribution in [0.3, 0.4) is 0 Å². The minimum absolute atomic E-state index is 0.175. The molecular formula is C16H27N3O. The number of benzene rings is 1. The van der Waals surface area contributed by atoms with Crippen LogP contribution in [0.1, 0.15) is 25.8 Å². The van der Waals surface area contributed by atoms with E-state index < -0.39 is 0 Å². The molecule has 4 heteroatoms. The summed E-state index contributed by atoms with van der Waals surface area (Å²) in [6.45, 7) is 9.48. The van der Waals surface area contributed by atoms with Crippen LogP contribution in [0.15, 0.2) is 24.3 Å². The van der Waals surface area contributed by atoms with E-state index in [1.165, 1.54) is 5.56 Å². The number of nitrogens with two attached hydrogens (primary N) is 1. The van der Waals surface area contributed by atoms with Crippen molar-refractivity contribution in [3.63, 3.8) is 0 Å². The average Bonchev–Trinajstić information content (AvgIpc) is 2.44. The van der Waals surface area contributed by atoms with Crippen LogP contribution in [0.4, 0.5) is 5.69 Å². The van der Waals surface area contributed by atoms with Crippen LogP contribution in [0.2, 0.25) is 0 Å². The first kappa shape index (κ1) is 16.5. The maximum absolute atomic E-state index is 12.3. The second kappa shape index (κ2) is 8.59. The van der Waals surface area contributed by atoms with Gasteiger partial charge in [0.2, 0.25) is 5.91 Å². The van der Waals surface area contributed by atoms with Crippen molar-refractivity contribution >= 4 is 11.6 Å². The molecule has 0 heterocycles. The van der Waals surface area contributed by atoms with Crippen molar-refractivity contribution in [3.8, 4) is 0 Å². The van der Waals surface area contributed by atoms with Crippen LogP contribution in [0.25, 0.3) is 0 Å². The molecule has 112 valence electrons. The fourth-order valence-electron chi connectivity index (χ4n) is 2.25. The Morgan fingerprint density at radius 1 is 1.25 bits per heavy atom. The number of hydrogen-bond donors (Lipinski definition) is 1. The van der Waals surface area contributed by atoms with Gasteiger partial charge < -0.3 is 15.5 Å². The number of rotatable bonds is 8. The lowest BCUT2D eigenvalue weighted by atomic mass is 10.2. The third kappa shape index (κ3) is 4.85. The summed E-state index contributed by atoms with van der Waals surface area (Å²) in [6.07, 6.45) is 0.888. The van der Waals surface area contributed by atoms with Crippen LogP contribution >= 0.6 is 0 Å². The van der Waals surface area contributed by atoms with E-state index in [9.17, 15) is 4.79 Å². The number of likely N-dealkylation sites (N-methyl/N-ethyl adjacent to an activating group) is 1. The molecule has 0 atom stereocenters. The lowest BCUT2D eigenvalue weighted by Gasteiger charge is -2.28. The average molecular weight is 277 g/mol. The minimum atomic E-state index is 0.175. The number of nitrogens with zero attached hydrogens (tertiary/aromatic N) is 2. The molecule has 20 heavy (non-hydrogen) atoms. The van der Waals surface area contributed by atoms with Crippen molar-refractivity contribution in [2.24, 2.45) is 5.73 Å². The predicted molar refractivity (Wildman–Crippen MR) is 85.0 cm³/mol. The van der Waals surface area contributed by atoms with E-state index in [0.29, 0.717) is 13.1 Å². The summed E-state index contributed by atoms with van der Waals surface area (Å²) in [6, 6.07) is 8.27. The number of aryl methyl sites for hydroxylation is 1. The van der Waals surface area contributed by atoms with Gasteiger partial charge in [0.15, 0.2) is 0 Å². The van der Waals surface area contributed by atoms with Gasteiger partial charge in [-0.3, -0.25) is 4.79 Å². The number of carbonyl (C=O) groups excluding carboxylic acids is 1. The largest absolute Gasteiger partial charge is 0.362 e. The smallest absolute Gasteiger partial charge is 0.242 e. The highest BCUT2D eigenvalue weighted by atomic mass is 16.2. The third-order valence-electron chi connectivity index (χ3n) is 3.44. The van der Waals surface area contributed by atoms with E-state index in [2.05, 4.69) is 30.0 Å². The van der Waals surface area contributed by atoms with Gasteiger partial charge in [-0.1, -0.05) is 12.1 Å². The Hall–Kier alpha value is -1.55. The van der Waals surface area contributed by atoms with Gasteiger partial charge in [0, 0.05) is 25.3 Å². The maximum atomic E-state index is 12.3. The molecule has 0 radical (unpaired) electrons. The minimum Gasteiger partial charge on any atom is -0.362 e. The Kier molecular flexibility index (Phi) is 7.09. The van der Waals surface area contributed by atoms with Crippen molar-refractivity contribution in [3.05, 3.63) is 29.8 Å². The second-order valence-electron chi connectivity index (χ2n) is 4.97. The Morgan fingerprint density at radius 3 is 2.50 bits per heavy atom. The third-order valence-corrected chi connectivity index (χ3v) is 3.44. The maximum Gasteiger partial charge on any atom is 0.242 e. The first-order chi connectivity index (χ1) is 9.62. The van der Waals surface area contributed by atoms with E-state index in [1.807, 2.05) is 24.8 Å². The zero-order valence-corrected chi connectivity index (χ0v) is 12.9. The van der Waals surface area contributed by atoms with Crippen molar-refractivity contribution in [1.29, 1.82) is 0 Å². The zero-order valence-electron chi connectivity index (χ0n) is 12.9. The summed E-state index contributed by atoms with van der Waals surface area (Å²) in [4.78, 5) is 16.3. The lowest BCUT2D eigenvalue weighted by Crippen LogP contribution is -2.41.